The van der Waals surface area contributed by atoms with Crippen LogP contribution in [0.4, 0.5) is 15.8 Å². The van der Waals surface area contributed by atoms with Gasteiger partial charge < -0.3 is 16.1 Å². The van der Waals surface area contributed by atoms with Gasteiger partial charge in [-0.15, -0.1) is 5.53 Å². The highest BCUT2D eigenvalue weighted by atomic mass is 35.5. The number of hydrazine groups is 2. The number of halogens is 2. The standard InChI is InChI=1S/C27H28BClFN7/c1-2-26(9-10-26)34-24-16(13-31)14-32-25-21(24)11-19(12-22(25)29)33-27(28,17-3-5-18(30)6-4-17)23-15-37(36-35-23)20-7-8-20/h3-6,11-12,14-15,20,33,35-36H,2,7-10,28H2,1H3,(H,32,34). The molecule has 7 nitrogen and oxygen atoms in total. The molecule has 3 aliphatic rings. The Kier molecular flexibility index (Phi) is 5.70. The molecule has 2 aromatic carbocycles. The Balaban J connectivity index is 1.45. The van der Waals surface area contributed by atoms with E-state index < -0.39 is 5.44 Å². The van der Waals surface area contributed by atoms with Gasteiger partial charge in [0.2, 0.25) is 0 Å². The number of fused-ring (bicyclic) bond motifs is 1. The van der Waals surface area contributed by atoms with Gasteiger partial charge in [0.15, 0.2) is 0 Å². The van der Waals surface area contributed by atoms with Gasteiger partial charge in [0.25, 0.3) is 0 Å². The topological polar surface area (TPSA) is 88.0 Å². The molecule has 188 valence electrons. The summed E-state index contributed by atoms with van der Waals surface area (Å²) in [6, 6.07) is 13.1. The van der Waals surface area contributed by atoms with Crippen LogP contribution < -0.4 is 21.6 Å². The maximum atomic E-state index is 13.8. The molecule has 0 bridgehead atoms. The van der Waals surface area contributed by atoms with E-state index in [-0.39, 0.29) is 11.4 Å². The molecule has 0 radical (unpaired) electrons. The number of nitrogens with zero attached hydrogens (tertiary/aromatic N) is 3. The molecule has 0 amide bonds. The normalized spacial score (nSPS) is 19.5. The summed E-state index contributed by atoms with van der Waals surface area (Å²) in [6.07, 6.45) is 9.04. The van der Waals surface area contributed by atoms with E-state index in [0.29, 0.717) is 22.1 Å². The first-order chi connectivity index (χ1) is 17.8. The summed E-state index contributed by atoms with van der Waals surface area (Å²) >= 11 is 6.77. The van der Waals surface area contributed by atoms with Gasteiger partial charge in [0, 0.05) is 35.1 Å². The van der Waals surface area contributed by atoms with Crippen molar-refractivity contribution < 1.29 is 4.39 Å². The van der Waals surface area contributed by atoms with Crippen molar-refractivity contribution in [2.24, 2.45) is 0 Å². The summed E-state index contributed by atoms with van der Waals surface area (Å²) in [6.45, 7) is 2.16. The number of hydrogen-bond acceptors (Lipinski definition) is 7. The molecule has 1 atom stereocenters. The van der Waals surface area contributed by atoms with E-state index in [0.717, 1.165) is 60.1 Å². The molecular formula is C27H28BClFN7. The summed E-state index contributed by atoms with van der Waals surface area (Å²) in [4.78, 5) is 4.50. The minimum absolute atomic E-state index is 0.00887. The SMILES string of the molecule is BC(Nc1cc(Cl)c2ncc(C#N)c(NC3(CC)CC3)c2c1)(C1=CN(C2CC2)NN1)c1ccc(F)cc1. The molecule has 2 aliphatic carbocycles. The van der Waals surface area contributed by atoms with E-state index in [4.69, 9.17) is 11.6 Å². The first kappa shape index (κ1) is 23.9. The zero-order valence-corrected chi connectivity index (χ0v) is 21.6. The van der Waals surface area contributed by atoms with Crippen LogP contribution in [0.3, 0.4) is 0 Å². The average molecular weight is 516 g/mol. The third kappa shape index (κ3) is 4.34. The van der Waals surface area contributed by atoms with Gasteiger partial charge in [0.1, 0.15) is 19.7 Å². The van der Waals surface area contributed by atoms with Crippen molar-refractivity contribution in [1.29, 1.82) is 5.26 Å². The molecule has 2 fully saturated rings. The molecule has 2 saturated carbocycles. The van der Waals surface area contributed by atoms with Gasteiger partial charge >= 0.3 is 0 Å². The zero-order valence-electron chi connectivity index (χ0n) is 20.8. The highest BCUT2D eigenvalue weighted by Gasteiger charge is 2.42. The summed E-state index contributed by atoms with van der Waals surface area (Å²) in [5, 5.41) is 20.5. The lowest BCUT2D eigenvalue weighted by molar-refractivity contribution is 0.260. The molecule has 3 aromatic rings. The third-order valence-corrected chi connectivity index (χ3v) is 8.14. The molecule has 1 aromatic heterocycles. The van der Waals surface area contributed by atoms with Crippen molar-refractivity contribution in [2.45, 2.75) is 56.0 Å². The number of hydrogen-bond donors (Lipinski definition) is 4. The quantitative estimate of drug-likeness (QED) is 0.329. The molecule has 0 saturated heterocycles. The lowest BCUT2D eigenvalue weighted by Crippen LogP contribution is -2.45. The first-order valence-corrected chi connectivity index (χ1v) is 13.1. The average Bonchev–Trinajstić information content (AvgIpc) is 3.83. The molecule has 10 heteroatoms. The van der Waals surface area contributed by atoms with Gasteiger partial charge in [0.05, 0.1) is 32.9 Å². The largest absolute Gasteiger partial charge is 0.378 e. The van der Waals surface area contributed by atoms with Crippen molar-refractivity contribution in [3.05, 3.63) is 76.5 Å². The van der Waals surface area contributed by atoms with E-state index in [1.807, 2.05) is 12.1 Å². The predicted molar refractivity (Wildman–Crippen MR) is 147 cm³/mol. The van der Waals surface area contributed by atoms with Gasteiger partial charge in [-0.3, -0.25) is 9.99 Å². The second-order valence-corrected chi connectivity index (χ2v) is 10.9. The second-order valence-electron chi connectivity index (χ2n) is 10.4. The van der Waals surface area contributed by atoms with E-state index in [1.54, 1.807) is 18.3 Å². The number of aromatic nitrogens is 1. The Morgan fingerprint density at radius 2 is 2.05 bits per heavy atom. The highest BCUT2D eigenvalue weighted by molar-refractivity contribution is 6.36. The smallest absolute Gasteiger partial charge is 0.148 e. The Morgan fingerprint density at radius 3 is 2.70 bits per heavy atom. The summed E-state index contributed by atoms with van der Waals surface area (Å²) in [5.74, 6) is -0.290. The van der Waals surface area contributed by atoms with Crippen LogP contribution in [-0.4, -0.2) is 29.4 Å². The van der Waals surface area contributed by atoms with Crippen LogP contribution in [0.1, 0.15) is 50.2 Å². The Labute approximate surface area is 221 Å². The number of rotatable bonds is 8. The van der Waals surface area contributed by atoms with Crippen molar-refractivity contribution in [2.75, 3.05) is 10.6 Å². The van der Waals surface area contributed by atoms with Gasteiger partial charge in [-0.25, -0.2) is 4.39 Å². The minimum atomic E-state index is -0.740. The highest BCUT2D eigenvalue weighted by Crippen LogP contribution is 2.45. The minimum Gasteiger partial charge on any atom is -0.378 e. The van der Waals surface area contributed by atoms with Crippen molar-refractivity contribution in [1.82, 2.24) is 21.0 Å². The molecule has 1 aliphatic heterocycles. The van der Waals surface area contributed by atoms with Crippen LogP contribution in [0.5, 0.6) is 0 Å². The van der Waals surface area contributed by atoms with Gasteiger partial charge in [-0.1, -0.05) is 30.7 Å². The Bertz CT molecular complexity index is 1450. The van der Waals surface area contributed by atoms with Crippen molar-refractivity contribution >= 4 is 41.7 Å². The maximum absolute atomic E-state index is 13.8. The fraction of sp³-hybridized carbons (Fsp3) is 0.333. The summed E-state index contributed by atoms with van der Waals surface area (Å²) in [5.41, 5.74) is 10.3. The van der Waals surface area contributed by atoms with Crippen LogP contribution in [0.2, 0.25) is 5.02 Å². The number of pyridine rings is 1. The summed E-state index contributed by atoms with van der Waals surface area (Å²) in [7, 11) is 2.05. The predicted octanol–water partition coefficient (Wildman–Crippen LogP) is 4.48. The van der Waals surface area contributed by atoms with Crippen molar-refractivity contribution in [3.63, 3.8) is 0 Å². The maximum Gasteiger partial charge on any atom is 0.148 e. The van der Waals surface area contributed by atoms with Crippen molar-refractivity contribution in [3.8, 4) is 6.07 Å². The number of benzene rings is 2. The van der Waals surface area contributed by atoms with Crippen LogP contribution in [0.15, 0.2) is 54.5 Å². The second kappa shape index (κ2) is 8.82. The van der Waals surface area contributed by atoms with Gasteiger partial charge in [-0.2, -0.15) is 5.26 Å². The lowest BCUT2D eigenvalue weighted by atomic mass is 9.69. The van der Waals surface area contributed by atoms with Crippen LogP contribution >= 0.6 is 11.6 Å². The number of nitriles is 1. The van der Waals surface area contributed by atoms with E-state index >= 15 is 0 Å². The fourth-order valence-electron chi connectivity index (χ4n) is 5.03. The van der Waals surface area contributed by atoms with Gasteiger partial charge in [-0.05, 0) is 61.9 Å². The molecule has 1 unspecified atom stereocenters. The Hall–Kier alpha value is -3.48. The molecule has 0 spiro atoms. The molecule has 37 heavy (non-hydrogen) atoms. The summed E-state index contributed by atoms with van der Waals surface area (Å²) < 4.78 is 13.8. The van der Waals surface area contributed by atoms with Crippen LogP contribution in [0, 0.1) is 17.1 Å². The molecular weight excluding hydrogens is 488 g/mol. The molecule has 4 N–H and O–H groups in total. The zero-order chi connectivity index (χ0) is 25.8. The molecule has 6 rings (SSSR count). The number of anilines is 2. The van der Waals surface area contributed by atoms with Crippen LogP contribution in [0.25, 0.3) is 10.9 Å². The Morgan fingerprint density at radius 1 is 1.30 bits per heavy atom. The lowest BCUT2D eigenvalue weighted by Gasteiger charge is -2.34. The fourth-order valence-corrected chi connectivity index (χ4v) is 5.30. The number of nitrogens with one attached hydrogen (secondary N) is 4. The van der Waals surface area contributed by atoms with Crippen LogP contribution in [-0.2, 0) is 5.44 Å². The first-order valence-electron chi connectivity index (χ1n) is 12.7. The monoisotopic (exact) mass is 515 g/mol. The van der Waals surface area contributed by atoms with E-state index in [1.165, 1.54) is 12.1 Å². The van der Waals surface area contributed by atoms with E-state index in [2.05, 4.69) is 58.6 Å². The van der Waals surface area contributed by atoms with E-state index in [9.17, 15) is 9.65 Å². The molecule has 2 heterocycles. The third-order valence-electron chi connectivity index (χ3n) is 7.85.